The molecule has 1 amide bonds. The second kappa shape index (κ2) is 6.56. The number of carbonyl (C=O) groups is 2. The zero-order chi connectivity index (χ0) is 16.4. The predicted molar refractivity (Wildman–Crippen MR) is 83.6 cm³/mol. The number of amides is 1. The summed E-state index contributed by atoms with van der Waals surface area (Å²) in [5.41, 5.74) is 0.0368. The topological polar surface area (TPSA) is 79.3 Å². The van der Waals surface area contributed by atoms with E-state index >= 15 is 0 Å². The van der Waals surface area contributed by atoms with E-state index in [-0.39, 0.29) is 16.8 Å². The van der Waals surface area contributed by atoms with E-state index in [0.717, 1.165) is 17.8 Å². The summed E-state index contributed by atoms with van der Waals surface area (Å²) < 4.78 is 0. The normalized spacial score (nSPS) is 13.3. The van der Waals surface area contributed by atoms with Crippen LogP contribution in [0.3, 0.4) is 0 Å². The molecule has 21 heavy (non-hydrogen) atoms. The first kappa shape index (κ1) is 17.6. The van der Waals surface area contributed by atoms with Crippen molar-refractivity contribution in [2.45, 2.75) is 54.0 Å². The summed E-state index contributed by atoms with van der Waals surface area (Å²) in [5, 5.41) is 12.6. The molecule has 0 bridgehead atoms. The van der Waals surface area contributed by atoms with Crippen molar-refractivity contribution >= 4 is 23.2 Å². The smallest absolute Gasteiger partial charge is 0.347 e. The Hall–Kier alpha value is -1.43. The molecule has 1 rings (SSSR count). The SMILES string of the molecule is Cc1nc(C(C)NC(=O)C(C)(C)CC(C)C)sc1C(=O)O. The Balaban J connectivity index is 2.81. The molecule has 2 N–H and O–H groups in total. The number of nitrogens with zero attached hydrogens (tertiary/aromatic N) is 1. The molecule has 1 aromatic heterocycles. The summed E-state index contributed by atoms with van der Waals surface area (Å²) in [6, 6.07) is -0.291. The molecule has 6 heteroatoms. The average Bonchev–Trinajstić information content (AvgIpc) is 2.69. The molecule has 0 aromatic carbocycles. The van der Waals surface area contributed by atoms with Gasteiger partial charge >= 0.3 is 5.97 Å². The number of nitrogens with one attached hydrogen (secondary N) is 1. The van der Waals surface area contributed by atoms with E-state index in [4.69, 9.17) is 5.11 Å². The maximum atomic E-state index is 12.4. The molecule has 0 aliphatic heterocycles. The first-order chi connectivity index (χ1) is 9.54. The third-order valence-electron chi connectivity index (χ3n) is 3.26. The standard InChI is InChI=1S/C15H24N2O3S/c1-8(2)7-15(5,6)14(20)17-10(4)12-16-9(3)11(21-12)13(18)19/h8,10H,7H2,1-6H3,(H,17,20)(H,18,19). The van der Waals surface area contributed by atoms with Crippen LogP contribution < -0.4 is 5.32 Å². The van der Waals surface area contributed by atoms with Crippen LogP contribution in [0.4, 0.5) is 0 Å². The summed E-state index contributed by atoms with van der Waals surface area (Å²) in [6.07, 6.45) is 0.794. The number of aromatic nitrogens is 1. The van der Waals surface area contributed by atoms with Crippen LogP contribution in [0.15, 0.2) is 0 Å². The zero-order valence-corrected chi connectivity index (χ0v) is 14.3. The van der Waals surface area contributed by atoms with E-state index in [2.05, 4.69) is 24.1 Å². The third kappa shape index (κ3) is 4.52. The number of thiazole rings is 1. The van der Waals surface area contributed by atoms with Gasteiger partial charge in [-0.2, -0.15) is 0 Å². The van der Waals surface area contributed by atoms with Gasteiger partial charge in [-0.15, -0.1) is 11.3 Å². The molecular weight excluding hydrogens is 288 g/mol. The van der Waals surface area contributed by atoms with Crippen molar-refractivity contribution in [3.8, 4) is 0 Å². The van der Waals surface area contributed by atoms with Crippen LogP contribution in [0.2, 0.25) is 0 Å². The maximum Gasteiger partial charge on any atom is 0.347 e. The van der Waals surface area contributed by atoms with Gasteiger partial charge in [0.15, 0.2) is 0 Å². The summed E-state index contributed by atoms with van der Waals surface area (Å²) in [6.45, 7) is 11.5. The second-order valence-corrected chi connectivity index (χ2v) is 7.48. The molecule has 0 aliphatic rings. The van der Waals surface area contributed by atoms with Crippen LogP contribution in [0.1, 0.15) is 67.5 Å². The van der Waals surface area contributed by atoms with Crippen LogP contribution >= 0.6 is 11.3 Å². The maximum absolute atomic E-state index is 12.4. The fraction of sp³-hybridized carbons (Fsp3) is 0.667. The minimum atomic E-state index is -0.977. The number of carbonyl (C=O) groups excluding carboxylic acids is 1. The zero-order valence-electron chi connectivity index (χ0n) is 13.5. The summed E-state index contributed by atoms with van der Waals surface area (Å²) in [4.78, 5) is 27.9. The first-order valence-electron chi connectivity index (χ1n) is 7.06. The van der Waals surface area contributed by atoms with Crippen molar-refractivity contribution in [3.05, 3.63) is 15.6 Å². The van der Waals surface area contributed by atoms with E-state index in [9.17, 15) is 9.59 Å². The van der Waals surface area contributed by atoms with Gasteiger partial charge in [-0.3, -0.25) is 4.79 Å². The lowest BCUT2D eigenvalue weighted by molar-refractivity contribution is -0.130. The second-order valence-electron chi connectivity index (χ2n) is 6.45. The molecule has 0 spiro atoms. The molecule has 0 saturated carbocycles. The van der Waals surface area contributed by atoms with Crippen LogP contribution in [0.5, 0.6) is 0 Å². The number of carboxylic acid groups (broad SMARTS) is 1. The lowest BCUT2D eigenvalue weighted by Crippen LogP contribution is -2.39. The van der Waals surface area contributed by atoms with Crippen molar-refractivity contribution in [1.29, 1.82) is 0 Å². The molecule has 0 radical (unpaired) electrons. The highest BCUT2D eigenvalue weighted by molar-refractivity contribution is 7.13. The average molecular weight is 312 g/mol. The van der Waals surface area contributed by atoms with Gasteiger partial charge in [0, 0.05) is 5.41 Å². The van der Waals surface area contributed by atoms with Crippen LogP contribution in [0, 0.1) is 18.3 Å². The van der Waals surface area contributed by atoms with Crippen molar-refractivity contribution in [1.82, 2.24) is 10.3 Å². The van der Waals surface area contributed by atoms with Crippen LogP contribution in [-0.2, 0) is 4.79 Å². The molecule has 0 fully saturated rings. The lowest BCUT2D eigenvalue weighted by Gasteiger charge is -2.27. The first-order valence-corrected chi connectivity index (χ1v) is 7.88. The summed E-state index contributed by atoms with van der Waals surface area (Å²) in [5.74, 6) is -0.579. The van der Waals surface area contributed by atoms with E-state index in [1.807, 2.05) is 20.8 Å². The highest BCUT2D eigenvalue weighted by Gasteiger charge is 2.30. The van der Waals surface area contributed by atoms with Gasteiger partial charge in [-0.05, 0) is 26.2 Å². The number of carboxylic acids is 1. The van der Waals surface area contributed by atoms with Crippen molar-refractivity contribution in [2.75, 3.05) is 0 Å². The molecular formula is C15H24N2O3S. The van der Waals surface area contributed by atoms with E-state index in [1.165, 1.54) is 0 Å². The third-order valence-corrected chi connectivity index (χ3v) is 4.59. The van der Waals surface area contributed by atoms with Crippen LogP contribution in [-0.4, -0.2) is 22.0 Å². The predicted octanol–water partition coefficient (Wildman–Crippen LogP) is 3.40. The van der Waals surface area contributed by atoms with Gasteiger partial charge in [0.2, 0.25) is 5.91 Å². The summed E-state index contributed by atoms with van der Waals surface area (Å²) in [7, 11) is 0. The van der Waals surface area contributed by atoms with Crippen molar-refractivity contribution < 1.29 is 14.7 Å². The monoisotopic (exact) mass is 312 g/mol. The highest BCUT2D eigenvalue weighted by atomic mass is 32.1. The fourth-order valence-electron chi connectivity index (χ4n) is 2.37. The van der Waals surface area contributed by atoms with Gasteiger partial charge in [0.1, 0.15) is 9.88 Å². The molecule has 0 aliphatic carbocycles. The Labute approximate surface area is 129 Å². The molecule has 1 atom stereocenters. The molecule has 1 unspecified atom stereocenters. The quantitative estimate of drug-likeness (QED) is 0.843. The number of aromatic carboxylic acids is 1. The van der Waals surface area contributed by atoms with Crippen molar-refractivity contribution in [3.63, 3.8) is 0 Å². The fourth-order valence-corrected chi connectivity index (χ4v) is 3.28. The Morgan fingerprint density at radius 2 is 1.90 bits per heavy atom. The van der Waals surface area contributed by atoms with Gasteiger partial charge in [-0.1, -0.05) is 27.7 Å². The van der Waals surface area contributed by atoms with Gasteiger partial charge in [0.05, 0.1) is 11.7 Å². The van der Waals surface area contributed by atoms with Gasteiger partial charge < -0.3 is 10.4 Å². The molecule has 5 nitrogen and oxygen atoms in total. The lowest BCUT2D eigenvalue weighted by atomic mass is 9.83. The molecule has 0 saturated heterocycles. The van der Waals surface area contributed by atoms with E-state index in [1.54, 1.807) is 6.92 Å². The number of aryl methyl sites for hydroxylation is 1. The largest absolute Gasteiger partial charge is 0.477 e. The summed E-state index contributed by atoms with van der Waals surface area (Å²) >= 11 is 1.12. The van der Waals surface area contributed by atoms with E-state index in [0.29, 0.717) is 16.6 Å². The number of hydrogen-bond donors (Lipinski definition) is 2. The number of rotatable bonds is 6. The van der Waals surface area contributed by atoms with Gasteiger partial charge in [-0.25, -0.2) is 9.78 Å². The van der Waals surface area contributed by atoms with Crippen LogP contribution in [0.25, 0.3) is 0 Å². The molecule has 1 heterocycles. The number of hydrogen-bond acceptors (Lipinski definition) is 4. The molecule has 118 valence electrons. The highest BCUT2D eigenvalue weighted by Crippen LogP contribution is 2.28. The Morgan fingerprint density at radius 1 is 1.33 bits per heavy atom. The van der Waals surface area contributed by atoms with E-state index < -0.39 is 11.4 Å². The van der Waals surface area contributed by atoms with Crippen molar-refractivity contribution in [2.24, 2.45) is 11.3 Å². The Bertz CT molecular complexity index is 535. The molecule has 1 aromatic rings. The minimum Gasteiger partial charge on any atom is -0.477 e. The minimum absolute atomic E-state index is 0.0339. The Kier molecular flexibility index (Phi) is 5.50. The van der Waals surface area contributed by atoms with Gasteiger partial charge in [0.25, 0.3) is 0 Å². The Morgan fingerprint density at radius 3 is 2.33 bits per heavy atom.